The van der Waals surface area contributed by atoms with Crippen molar-refractivity contribution < 1.29 is 4.79 Å². The summed E-state index contributed by atoms with van der Waals surface area (Å²) in [4.78, 5) is 10.6. The highest BCUT2D eigenvalue weighted by atomic mass is 16.1. The van der Waals surface area contributed by atoms with Crippen LogP contribution in [0.15, 0.2) is 11.6 Å². The summed E-state index contributed by atoms with van der Waals surface area (Å²) in [5.41, 5.74) is 1.24. The molecule has 0 unspecified atom stereocenters. The summed E-state index contributed by atoms with van der Waals surface area (Å²) in [7, 11) is 0. The van der Waals surface area contributed by atoms with E-state index in [1.54, 1.807) is 13.0 Å². The molecule has 0 aromatic heterocycles. The number of rotatable bonds is 3. The van der Waals surface area contributed by atoms with Crippen molar-refractivity contribution in [3.63, 3.8) is 0 Å². The van der Waals surface area contributed by atoms with Crippen LogP contribution in [0.2, 0.25) is 0 Å². The molecule has 0 atom stereocenters. The third-order valence-electron chi connectivity index (χ3n) is 1.54. The van der Waals surface area contributed by atoms with Crippen LogP contribution in [0.25, 0.3) is 0 Å². The highest BCUT2D eigenvalue weighted by Gasteiger charge is 2.00. The molecule has 0 heterocycles. The van der Waals surface area contributed by atoms with Crippen molar-refractivity contribution in [2.24, 2.45) is 5.92 Å². The first kappa shape index (κ1) is 9.41. The van der Waals surface area contributed by atoms with Crippen LogP contribution in [0.5, 0.6) is 0 Å². The zero-order valence-corrected chi connectivity index (χ0v) is 7.27. The lowest BCUT2D eigenvalue weighted by Gasteiger charge is -2.06. The molecule has 0 N–H and O–H groups in total. The normalized spacial score (nSPS) is 12.3. The summed E-state index contributed by atoms with van der Waals surface area (Å²) >= 11 is 0. The molecule has 10 heavy (non-hydrogen) atoms. The van der Waals surface area contributed by atoms with E-state index in [0.717, 1.165) is 6.42 Å². The largest absolute Gasteiger partial charge is 0.295 e. The Labute approximate surface area is 63.1 Å². The average molecular weight is 140 g/mol. The summed E-state index contributed by atoms with van der Waals surface area (Å²) < 4.78 is 0. The smallest absolute Gasteiger partial charge is 0.152 e. The second kappa shape index (κ2) is 4.26. The van der Waals surface area contributed by atoms with Crippen LogP contribution in [0.1, 0.15) is 34.1 Å². The molecule has 0 aliphatic heterocycles. The molecule has 0 fully saturated rings. The SMILES string of the molecule is CCC(=CC(C)=O)C(C)C. The van der Waals surface area contributed by atoms with Gasteiger partial charge in [-0.3, -0.25) is 4.79 Å². The van der Waals surface area contributed by atoms with Crippen molar-refractivity contribution in [1.29, 1.82) is 0 Å². The molecule has 1 heteroatoms. The number of allylic oxidation sites excluding steroid dienone is 2. The number of hydrogen-bond acceptors (Lipinski definition) is 1. The molecule has 0 aliphatic carbocycles. The van der Waals surface area contributed by atoms with E-state index >= 15 is 0 Å². The fraction of sp³-hybridized carbons (Fsp3) is 0.667. The highest BCUT2D eigenvalue weighted by molar-refractivity contribution is 5.87. The summed E-state index contributed by atoms with van der Waals surface area (Å²) in [5.74, 6) is 0.666. The van der Waals surface area contributed by atoms with Gasteiger partial charge in [-0.1, -0.05) is 26.3 Å². The zero-order valence-electron chi connectivity index (χ0n) is 7.27. The maximum Gasteiger partial charge on any atom is 0.152 e. The minimum Gasteiger partial charge on any atom is -0.295 e. The first-order chi connectivity index (χ1) is 4.57. The average Bonchev–Trinajstić information content (AvgIpc) is 1.81. The fourth-order valence-electron chi connectivity index (χ4n) is 0.938. The molecule has 0 bridgehead atoms. The van der Waals surface area contributed by atoms with Gasteiger partial charge in [0.15, 0.2) is 5.78 Å². The van der Waals surface area contributed by atoms with E-state index in [1.165, 1.54) is 5.57 Å². The van der Waals surface area contributed by atoms with Crippen molar-refractivity contribution in [3.05, 3.63) is 11.6 Å². The quantitative estimate of drug-likeness (QED) is 0.551. The monoisotopic (exact) mass is 140 g/mol. The molecule has 0 rings (SSSR count). The maximum absolute atomic E-state index is 10.6. The van der Waals surface area contributed by atoms with E-state index in [4.69, 9.17) is 0 Å². The van der Waals surface area contributed by atoms with Gasteiger partial charge in [-0.2, -0.15) is 0 Å². The molecule has 0 radical (unpaired) electrons. The van der Waals surface area contributed by atoms with Crippen molar-refractivity contribution in [1.82, 2.24) is 0 Å². The van der Waals surface area contributed by atoms with Gasteiger partial charge in [0.05, 0.1) is 0 Å². The molecule has 0 spiro atoms. The van der Waals surface area contributed by atoms with Gasteiger partial charge in [0.1, 0.15) is 0 Å². The van der Waals surface area contributed by atoms with Crippen molar-refractivity contribution in [2.45, 2.75) is 34.1 Å². The topological polar surface area (TPSA) is 17.1 Å². The molecule has 0 aromatic carbocycles. The zero-order chi connectivity index (χ0) is 8.15. The van der Waals surface area contributed by atoms with E-state index in [-0.39, 0.29) is 5.78 Å². The van der Waals surface area contributed by atoms with Gasteiger partial charge in [-0.05, 0) is 25.3 Å². The van der Waals surface area contributed by atoms with Crippen LogP contribution < -0.4 is 0 Å². The lowest BCUT2D eigenvalue weighted by Crippen LogP contribution is -1.95. The van der Waals surface area contributed by atoms with Crippen LogP contribution in [-0.4, -0.2) is 5.78 Å². The predicted molar refractivity (Wildman–Crippen MR) is 43.9 cm³/mol. The van der Waals surface area contributed by atoms with Crippen LogP contribution in [0.3, 0.4) is 0 Å². The Morgan fingerprint density at radius 1 is 1.50 bits per heavy atom. The standard InChI is InChI=1S/C9H16O/c1-5-9(7(2)3)6-8(4)10/h6-7H,5H2,1-4H3. The van der Waals surface area contributed by atoms with Gasteiger partial charge >= 0.3 is 0 Å². The van der Waals surface area contributed by atoms with Gasteiger partial charge in [0, 0.05) is 0 Å². The summed E-state index contributed by atoms with van der Waals surface area (Å²) in [6.07, 6.45) is 2.72. The third kappa shape index (κ3) is 3.44. The van der Waals surface area contributed by atoms with Gasteiger partial charge in [0.2, 0.25) is 0 Å². The summed E-state index contributed by atoms with van der Waals surface area (Å²) in [6, 6.07) is 0. The first-order valence-corrected chi connectivity index (χ1v) is 3.79. The molecular weight excluding hydrogens is 124 g/mol. The van der Waals surface area contributed by atoms with Crippen molar-refractivity contribution >= 4 is 5.78 Å². The molecule has 0 aromatic rings. The molecule has 0 saturated carbocycles. The summed E-state index contributed by atoms with van der Waals surface area (Å²) in [6.45, 7) is 7.89. The number of carbonyl (C=O) groups excluding carboxylic acids is 1. The molecule has 0 amide bonds. The van der Waals surface area contributed by atoms with Gasteiger partial charge in [0.25, 0.3) is 0 Å². The Morgan fingerprint density at radius 3 is 2.10 bits per heavy atom. The fourth-order valence-corrected chi connectivity index (χ4v) is 0.938. The van der Waals surface area contributed by atoms with Crippen molar-refractivity contribution in [2.75, 3.05) is 0 Å². The summed E-state index contributed by atoms with van der Waals surface area (Å²) in [5, 5.41) is 0. The number of carbonyl (C=O) groups is 1. The van der Waals surface area contributed by atoms with Crippen LogP contribution in [-0.2, 0) is 4.79 Å². The lowest BCUT2D eigenvalue weighted by atomic mass is 10.00. The highest BCUT2D eigenvalue weighted by Crippen LogP contribution is 2.12. The van der Waals surface area contributed by atoms with Gasteiger partial charge in [-0.25, -0.2) is 0 Å². The second-order valence-corrected chi connectivity index (χ2v) is 2.84. The minimum absolute atomic E-state index is 0.158. The van der Waals surface area contributed by atoms with Crippen LogP contribution in [0, 0.1) is 5.92 Å². The lowest BCUT2D eigenvalue weighted by molar-refractivity contribution is -0.112. The first-order valence-electron chi connectivity index (χ1n) is 3.79. The van der Waals surface area contributed by atoms with E-state index in [2.05, 4.69) is 20.8 Å². The van der Waals surface area contributed by atoms with Gasteiger partial charge < -0.3 is 0 Å². The van der Waals surface area contributed by atoms with Crippen LogP contribution >= 0.6 is 0 Å². The van der Waals surface area contributed by atoms with Crippen molar-refractivity contribution in [3.8, 4) is 0 Å². The van der Waals surface area contributed by atoms with E-state index in [0.29, 0.717) is 5.92 Å². The number of ketones is 1. The Bertz CT molecular complexity index is 143. The number of hydrogen-bond donors (Lipinski definition) is 0. The Kier molecular flexibility index (Phi) is 4.01. The third-order valence-corrected chi connectivity index (χ3v) is 1.54. The Morgan fingerprint density at radius 2 is 2.00 bits per heavy atom. The Balaban J connectivity index is 4.18. The van der Waals surface area contributed by atoms with Gasteiger partial charge in [-0.15, -0.1) is 0 Å². The molecular formula is C9H16O. The molecule has 0 aliphatic rings. The second-order valence-electron chi connectivity index (χ2n) is 2.84. The van der Waals surface area contributed by atoms with Crippen LogP contribution in [0.4, 0.5) is 0 Å². The Hall–Kier alpha value is -0.590. The minimum atomic E-state index is 0.158. The van der Waals surface area contributed by atoms with E-state index < -0.39 is 0 Å². The van der Waals surface area contributed by atoms with E-state index in [1.807, 2.05) is 0 Å². The molecule has 1 nitrogen and oxygen atoms in total. The predicted octanol–water partition coefficient (Wildman–Crippen LogP) is 2.57. The van der Waals surface area contributed by atoms with E-state index in [9.17, 15) is 4.79 Å². The maximum atomic E-state index is 10.6. The molecule has 0 saturated heterocycles. The molecule has 58 valence electrons.